The lowest BCUT2D eigenvalue weighted by atomic mass is 9.95. The molecule has 2 unspecified atom stereocenters. The lowest BCUT2D eigenvalue weighted by Gasteiger charge is -2.29. The van der Waals surface area contributed by atoms with E-state index >= 15 is 0 Å². The van der Waals surface area contributed by atoms with Crippen molar-refractivity contribution in [1.29, 1.82) is 0 Å². The van der Waals surface area contributed by atoms with Gasteiger partial charge >= 0.3 is 0 Å². The standard InChI is InChI=1S/C31H37N7O5S/c1-5-44(40,41)30-34-22-15-25(27-20(3)19(2)14-24-21(27)16-33-38(24)26-8-6-7-12-43-26)37-23(9-10-32-37)28(22)29(35-30)36-11-13-42-18-31(4,39)17-36/h9-10,14-16,26,39H,5-8,11-13,17-18H2,1-4H3. The number of aryl methyl sites for hydroxylation is 1. The van der Waals surface area contributed by atoms with Gasteiger partial charge in [0.1, 0.15) is 11.4 Å². The number of benzene rings is 1. The van der Waals surface area contributed by atoms with E-state index in [2.05, 4.69) is 29.9 Å². The second-order valence-corrected chi connectivity index (χ2v) is 14.3. The SMILES string of the molecule is CCS(=O)(=O)c1nc(N2CCOCC(C)(O)C2)c2c(cc(-c3c(C)c(C)cc4c3cnn4C3CCCCO3)n3nccc23)n1. The first kappa shape index (κ1) is 29.1. The number of rotatable bonds is 5. The highest BCUT2D eigenvalue weighted by Gasteiger charge is 2.32. The van der Waals surface area contributed by atoms with Gasteiger partial charge in [0.2, 0.25) is 15.0 Å². The topological polar surface area (TPSA) is 137 Å². The molecule has 2 atom stereocenters. The summed E-state index contributed by atoms with van der Waals surface area (Å²) in [5.74, 6) is 0.291. The molecular weight excluding hydrogens is 582 g/mol. The Morgan fingerprint density at radius 1 is 1.11 bits per heavy atom. The van der Waals surface area contributed by atoms with Crippen LogP contribution in [0.25, 0.3) is 38.6 Å². The van der Waals surface area contributed by atoms with Crippen LogP contribution in [0.3, 0.4) is 0 Å². The fraction of sp³-hybridized carbons (Fsp3) is 0.484. The number of nitrogens with zero attached hydrogens (tertiary/aromatic N) is 7. The van der Waals surface area contributed by atoms with Gasteiger partial charge in [-0.1, -0.05) is 6.92 Å². The number of aromatic nitrogens is 6. The van der Waals surface area contributed by atoms with Gasteiger partial charge < -0.3 is 19.5 Å². The van der Waals surface area contributed by atoms with Crippen LogP contribution in [0.4, 0.5) is 5.82 Å². The van der Waals surface area contributed by atoms with Crippen LogP contribution in [0.1, 0.15) is 50.5 Å². The maximum absolute atomic E-state index is 13.2. The summed E-state index contributed by atoms with van der Waals surface area (Å²) in [6.07, 6.45) is 6.53. The number of anilines is 1. The Morgan fingerprint density at radius 3 is 2.73 bits per heavy atom. The van der Waals surface area contributed by atoms with Gasteiger partial charge in [-0.25, -0.2) is 27.6 Å². The van der Waals surface area contributed by atoms with E-state index < -0.39 is 15.4 Å². The van der Waals surface area contributed by atoms with Gasteiger partial charge in [0, 0.05) is 24.1 Å². The summed E-state index contributed by atoms with van der Waals surface area (Å²) in [4.78, 5) is 11.2. The minimum Gasteiger partial charge on any atom is -0.386 e. The van der Waals surface area contributed by atoms with E-state index in [1.807, 2.05) is 32.4 Å². The van der Waals surface area contributed by atoms with E-state index in [1.165, 1.54) is 0 Å². The zero-order valence-electron chi connectivity index (χ0n) is 25.4. The van der Waals surface area contributed by atoms with Crippen LogP contribution in [0.15, 0.2) is 35.7 Å². The van der Waals surface area contributed by atoms with Crippen molar-refractivity contribution in [3.05, 3.63) is 41.7 Å². The molecule has 2 aliphatic rings. The molecule has 0 radical (unpaired) electrons. The van der Waals surface area contributed by atoms with Crippen molar-refractivity contribution in [1.82, 2.24) is 29.4 Å². The number of hydrogen-bond acceptors (Lipinski definition) is 10. The van der Waals surface area contributed by atoms with Crippen molar-refractivity contribution < 1.29 is 23.0 Å². The normalized spacial score (nSPS) is 21.8. The van der Waals surface area contributed by atoms with Crippen LogP contribution in [0.5, 0.6) is 0 Å². The summed E-state index contributed by atoms with van der Waals surface area (Å²) in [6.45, 7) is 9.33. The third-order valence-electron chi connectivity index (χ3n) is 8.81. The Labute approximate surface area is 255 Å². The van der Waals surface area contributed by atoms with Crippen LogP contribution in [0.2, 0.25) is 0 Å². The zero-order chi connectivity index (χ0) is 30.8. The molecule has 0 bridgehead atoms. The molecule has 2 aliphatic heterocycles. The van der Waals surface area contributed by atoms with Gasteiger partial charge in [-0.05, 0) is 69.4 Å². The zero-order valence-corrected chi connectivity index (χ0v) is 26.3. The lowest BCUT2D eigenvalue weighted by molar-refractivity contribution is -0.0366. The molecule has 232 valence electrons. The summed E-state index contributed by atoms with van der Waals surface area (Å²) in [6, 6.07) is 5.94. The summed E-state index contributed by atoms with van der Waals surface area (Å²) >= 11 is 0. The van der Waals surface area contributed by atoms with Gasteiger partial charge in [-0.15, -0.1) is 0 Å². The predicted octanol–water partition coefficient (Wildman–Crippen LogP) is 3.99. The molecule has 13 heteroatoms. The molecule has 1 N–H and O–H groups in total. The molecule has 0 amide bonds. The Bertz CT molecular complexity index is 2010. The monoisotopic (exact) mass is 619 g/mol. The van der Waals surface area contributed by atoms with E-state index in [0.717, 1.165) is 58.1 Å². The molecule has 0 saturated carbocycles. The molecule has 2 saturated heterocycles. The molecule has 0 aliphatic carbocycles. The van der Waals surface area contributed by atoms with Crippen LogP contribution < -0.4 is 4.90 Å². The van der Waals surface area contributed by atoms with Crippen molar-refractivity contribution >= 4 is 43.0 Å². The first-order valence-corrected chi connectivity index (χ1v) is 16.8. The van der Waals surface area contributed by atoms with E-state index in [9.17, 15) is 13.5 Å². The fourth-order valence-electron chi connectivity index (χ4n) is 6.43. The molecular formula is C31H37N7O5S. The first-order valence-electron chi connectivity index (χ1n) is 15.1. The second kappa shape index (κ2) is 10.8. The Balaban J connectivity index is 1.52. The third-order valence-corrected chi connectivity index (χ3v) is 10.3. The highest BCUT2D eigenvalue weighted by Crippen LogP contribution is 2.40. The van der Waals surface area contributed by atoms with Gasteiger partial charge in [0.15, 0.2) is 6.23 Å². The predicted molar refractivity (Wildman–Crippen MR) is 167 cm³/mol. The second-order valence-electron chi connectivity index (χ2n) is 12.2. The van der Waals surface area contributed by atoms with E-state index in [4.69, 9.17) is 19.7 Å². The fourth-order valence-corrected chi connectivity index (χ4v) is 7.15. The lowest BCUT2D eigenvalue weighted by Crippen LogP contribution is -2.42. The maximum Gasteiger partial charge on any atom is 0.249 e. The molecule has 4 aromatic heterocycles. The molecule has 6 heterocycles. The Morgan fingerprint density at radius 2 is 1.95 bits per heavy atom. The molecule has 0 spiro atoms. The van der Waals surface area contributed by atoms with Crippen LogP contribution in [-0.4, -0.2) is 87.2 Å². The third kappa shape index (κ3) is 4.82. The van der Waals surface area contributed by atoms with Crippen molar-refractivity contribution in [3.63, 3.8) is 0 Å². The van der Waals surface area contributed by atoms with Gasteiger partial charge in [0.05, 0.1) is 65.5 Å². The van der Waals surface area contributed by atoms with Crippen molar-refractivity contribution in [2.24, 2.45) is 0 Å². The minimum absolute atomic E-state index is 0.121. The number of hydrogen-bond donors (Lipinski definition) is 1. The number of ether oxygens (including phenoxy) is 2. The molecule has 2 fully saturated rings. The van der Waals surface area contributed by atoms with Crippen molar-refractivity contribution in [3.8, 4) is 11.3 Å². The minimum atomic E-state index is -3.76. The quantitative estimate of drug-likeness (QED) is 0.288. The largest absolute Gasteiger partial charge is 0.386 e. The summed E-state index contributed by atoms with van der Waals surface area (Å²) in [5.41, 5.74) is 4.90. The van der Waals surface area contributed by atoms with Gasteiger partial charge in [-0.3, -0.25) is 0 Å². The molecule has 12 nitrogen and oxygen atoms in total. The summed E-state index contributed by atoms with van der Waals surface area (Å²) < 4.78 is 42.0. The molecule has 7 rings (SSSR count). The number of fused-ring (bicyclic) bond motifs is 4. The highest BCUT2D eigenvalue weighted by molar-refractivity contribution is 7.91. The Kier molecular flexibility index (Phi) is 7.11. The smallest absolute Gasteiger partial charge is 0.249 e. The number of sulfone groups is 1. The number of aliphatic hydroxyl groups is 1. The molecule has 1 aromatic carbocycles. The number of pyridine rings is 1. The number of β-amino-alcohol motifs (C(OH)–C–C–N with tert-alkyl or cyclic N) is 1. The van der Waals surface area contributed by atoms with Gasteiger partial charge in [0.25, 0.3) is 0 Å². The highest BCUT2D eigenvalue weighted by atomic mass is 32.2. The van der Waals surface area contributed by atoms with E-state index in [0.29, 0.717) is 36.5 Å². The summed E-state index contributed by atoms with van der Waals surface area (Å²) in [5, 5.41) is 21.9. The summed E-state index contributed by atoms with van der Waals surface area (Å²) in [7, 11) is -3.76. The molecule has 44 heavy (non-hydrogen) atoms. The van der Waals surface area contributed by atoms with Crippen LogP contribution in [0, 0.1) is 13.8 Å². The molecule has 5 aromatic rings. The van der Waals surface area contributed by atoms with E-state index in [-0.39, 0.29) is 30.3 Å². The Hall–Kier alpha value is -3.65. The van der Waals surface area contributed by atoms with Gasteiger partial charge in [-0.2, -0.15) is 10.2 Å². The average Bonchev–Trinajstić information content (AvgIpc) is 3.62. The van der Waals surface area contributed by atoms with Crippen LogP contribution >= 0.6 is 0 Å². The maximum atomic E-state index is 13.2. The van der Waals surface area contributed by atoms with Crippen molar-refractivity contribution in [2.75, 3.05) is 43.6 Å². The van der Waals surface area contributed by atoms with Crippen LogP contribution in [-0.2, 0) is 19.3 Å². The van der Waals surface area contributed by atoms with E-state index in [1.54, 1.807) is 20.0 Å². The van der Waals surface area contributed by atoms with Crippen molar-refractivity contribution in [2.45, 2.75) is 63.9 Å². The first-order chi connectivity index (χ1) is 21.1. The average molecular weight is 620 g/mol.